The standard InChI is InChI=1S/C20H35N7O5S/c1-11(2)16(19(30)25-14(20(31)32)7-12-8-23-10-24-12)27-18(29)15(9-33)26-17(28)13(22)5-3-4-6-21/h8,10-11,13-16,33H,3-7,9,21-22H2,1-2H3,(H,23,24)(H,25,30)(H,26,28)(H,27,29)(H,31,32). The Morgan fingerprint density at radius 2 is 1.76 bits per heavy atom. The molecule has 9 N–H and O–H groups in total. The van der Waals surface area contributed by atoms with Crippen LogP contribution >= 0.6 is 12.6 Å². The van der Waals surface area contributed by atoms with E-state index in [1.54, 1.807) is 13.8 Å². The third-order valence-electron chi connectivity index (χ3n) is 4.96. The molecule has 1 aromatic heterocycles. The molecule has 0 saturated heterocycles. The number of carboxylic acid groups (broad SMARTS) is 1. The van der Waals surface area contributed by atoms with Crippen LogP contribution in [-0.2, 0) is 25.6 Å². The lowest BCUT2D eigenvalue weighted by molar-refractivity contribution is -0.142. The number of nitrogens with two attached hydrogens (primary N) is 2. The van der Waals surface area contributed by atoms with Crippen molar-refractivity contribution in [1.29, 1.82) is 0 Å². The molecule has 4 unspecified atom stereocenters. The lowest BCUT2D eigenvalue weighted by atomic mass is 10.0. The maximum atomic E-state index is 12.8. The molecule has 0 aliphatic rings. The van der Waals surface area contributed by atoms with Gasteiger partial charge in [0.25, 0.3) is 0 Å². The number of carboxylic acids is 1. The lowest BCUT2D eigenvalue weighted by Gasteiger charge is -2.26. The molecule has 4 atom stereocenters. The smallest absolute Gasteiger partial charge is 0.326 e. The largest absolute Gasteiger partial charge is 0.480 e. The van der Waals surface area contributed by atoms with Crippen molar-refractivity contribution in [1.82, 2.24) is 25.9 Å². The van der Waals surface area contributed by atoms with E-state index in [4.69, 9.17) is 11.5 Å². The van der Waals surface area contributed by atoms with Crippen LogP contribution in [0.2, 0.25) is 0 Å². The fraction of sp³-hybridized carbons (Fsp3) is 0.650. The SMILES string of the molecule is CC(C)C(NC(=O)C(CS)NC(=O)C(N)CCCCN)C(=O)NC(Cc1cnc[nH]1)C(=O)O. The van der Waals surface area contributed by atoms with Gasteiger partial charge in [0.2, 0.25) is 17.7 Å². The number of carbonyl (C=O) groups is 4. The molecule has 0 aromatic carbocycles. The number of hydrogen-bond donors (Lipinski definition) is 8. The summed E-state index contributed by atoms with van der Waals surface area (Å²) in [5.41, 5.74) is 11.8. The molecule has 186 valence electrons. The van der Waals surface area contributed by atoms with Crippen LogP contribution in [-0.4, -0.2) is 75.2 Å². The molecular formula is C20H35N7O5S. The summed E-state index contributed by atoms with van der Waals surface area (Å²) < 4.78 is 0. The first-order valence-electron chi connectivity index (χ1n) is 10.8. The number of thiol groups is 1. The van der Waals surface area contributed by atoms with Crippen LogP contribution in [0, 0.1) is 5.92 Å². The summed E-state index contributed by atoms with van der Waals surface area (Å²) in [7, 11) is 0. The van der Waals surface area contributed by atoms with E-state index < -0.39 is 47.9 Å². The van der Waals surface area contributed by atoms with E-state index in [0.717, 1.165) is 6.42 Å². The summed E-state index contributed by atoms with van der Waals surface area (Å²) in [6.07, 6.45) is 4.71. The number of rotatable bonds is 15. The molecule has 12 nitrogen and oxygen atoms in total. The molecule has 1 heterocycles. The summed E-state index contributed by atoms with van der Waals surface area (Å²) >= 11 is 4.12. The zero-order valence-electron chi connectivity index (χ0n) is 18.9. The van der Waals surface area contributed by atoms with Gasteiger partial charge in [-0.1, -0.05) is 20.3 Å². The number of aliphatic carboxylic acids is 1. The fourth-order valence-corrected chi connectivity index (χ4v) is 3.24. The number of nitrogens with zero attached hydrogens (tertiary/aromatic N) is 1. The van der Waals surface area contributed by atoms with Gasteiger partial charge in [-0.2, -0.15) is 12.6 Å². The predicted molar refractivity (Wildman–Crippen MR) is 125 cm³/mol. The number of carbonyl (C=O) groups excluding carboxylic acids is 3. The average molecular weight is 486 g/mol. The van der Waals surface area contributed by atoms with E-state index in [1.165, 1.54) is 12.5 Å². The topological polar surface area (TPSA) is 205 Å². The number of amides is 3. The highest BCUT2D eigenvalue weighted by atomic mass is 32.1. The summed E-state index contributed by atoms with van der Waals surface area (Å²) in [6.45, 7) is 3.91. The molecule has 0 radical (unpaired) electrons. The number of aromatic nitrogens is 2. The molecule has 0 fully saturated rings. The van der Waals surface area contributed by atoms with E-state index in [2.05, 4.69) is 38.5 Å². The third kappa shape index (κ3) is 9.80. The van der Waals surface area contributed by atoms with E-state index in [-0.39, 0.29) is 18.1 Å². The van der Waals surface area contributed by atoms with E-state index >= 15 is 0 Å². The Balaban J connectivity index is 2.77. The molecule has 0 aliphatic carbocycles. The van der Waals surface area contributed by atoms with Crippen molar-refractivity contribution in [2.24, 2.45) is 17.4 Å². The molecule has 13 heteroatoms. The van der Waals surface area contributed by atoms with Crippen molar-refractivity contribution in [3.05, 3.63) is 18.2 Å². The van der Waals surface area contributed by atoms with Crippen molar-refractivity contribution in [2.75, 3.05) is 12.3 Å². The summed E-state index contributed by atoms with van der Waals surface area (Å²) in [5, 5.41) is 17.0. The number of imidazole rings is 1. The lowest BCUT2D eigenvalue weighted by Crippen LogP contribution is -2.59. The fourth-order valence-electron chi connectivity index (χ4n) is 2.98. The van der Waals surface area contributed by atoms with Crippen LogP contribution in [0.3, 0.4) is 0 Å². The minimum absolute atomic E-state index is 0.00278. The Morgan fingerprint density at radius 3 is 2.27 bits per heavy atom. The van der Waals surface area contributed by atoms with Crippen molar-refractivity contribution in [2.45, 2.75) is 63.7 Å². The third-order valence-corrected chi connectivity index (χ3v) is 5.33. The van der Waals surface area contributed by atoms with Gasteiger partial charge in [0.15, 0.2) is 0 Å². The second-order valence-electron chi connectivity index (χ2n) is 8.05. The first kappa shape index (κ1) is 28.4. The van der Waals surface area contributed by atoms with Crippen LogP contribution in [0.25, 0.3) is 0 Å². The summed E-state index contributed by atoms with van der Waals surface area (Å²) in [6, 6.07) is -4.06. The zero-order valence-corrected chi connectivity index (χ0v) is 19.8. The minimum Gasteiger partial charge on any atom is -0.480 e. The van der Waals surface area contributed by atoms with E-state index in [0.29, 0.717) is 25.1 Å². The number of nitrogens with one attached hydrogen (secondary N) is 4. The monoisotopic (exact) mass is 485 g/mol. The maximum Gasteiger partial charge on any atom is 0.326 e. The number of aromatic amines is 1. The second kappa shape index (κ2) is 14.5. The van der Waals surface area contributed by atoms with Gasteiger partial charge >= 0.3 is 5.97 Å². The first-order chi connectivity index (χ1) is 15.6. The van der Waals surface area contributed by atoms with Crippen molar-refractivity contribution < 1.29 is 24.3 Å². The maximum absolute atomic E-state index is 12.8. The highest BCUT2D eigenvalue weighted by Crippen LogP contribution is 2.06. The van der Waals surface area contributed by atoms with Crippen molar-refractivity contribution in [3.8, 4) is 0 Å². The summed E-state index contributed by atoms with van der Waals surface area (Å²) in [4.78, 5) is 56.1. The van der Waals surface area contributed by atoms with Gasteiger partial charge in [0, 0.05) is 24.1 Å². The highest BCUT2D eigenvalue weighted by molar-refractivity contribution is 7.80. The van der Waals surface area contributed by atoms with Crippen LogP contribution < -0.4 is 27.4 Å². The zero-order chi connectivity index (χ0) is 25.0. The van der Waals surface area contributed by atoms with Gasteiger partial charge in [-0.25, -0.2) is 9.78 Å². The number of hydrogen-bond acceptors (Lipinski definition) is 8. The second-order valence-corrected chi connectivity index (χ2v) is 8.41. The molecule has 33 heavy (non-hydrogen) atoms. The molecule has 0 saturated carbocycles. The van der Waals surface area contributed by atoms with Gasteiger partial charge < -0.3 is 37.5 Å². The van der Waals surface area contributed by atoms with Crippen molar-refractivity contribution >= 4 is 36.3 Å². The predicted octanol–water partition coefficient (Wildman–Crippen LogP) is -1.47. The normalized spacial score (nSPS) is 14.7. The molecule has 0 bridgehead atoms. The first-order valence-corrected chi connectivity index (χ1v) is 11.4. The van der Waals surface area contributed by atoms with E-state index in [1.807, 2.05) is 0 Å². The number of unbranched alkanes of at least 4 members (excludes halogenated alkanes) is 1. The Labute approximate surface area is 198 Å². The Kier molecular flexibility index (Phi) is 12.5. The van der Waals surface area contributed by atoms with Crippen LogP contribution in [0.15, 0.2) is 12.5 Å². The molecule has 1 aromatic rings. The van der Waals surface area contributed by atoms with Gasteiger partial charge in [0.05, 0.1) is 12.4 Å². The van der Waals surface area contributed by atoms with Crippen LogP contribution in [0.5, 0.6) is 0 Å². The van der Waals surface area contributed by atoms with E-state index in [9.17, 15) is 24.3 Å². The summed E-state index contributed by atoms with van der Waals surface area (Å²) in [5.74, 6) is -3.38. The quantitative estimate of drug-likeness (QED) is 0.108. The molecule has 0 spiro atoms. The average Bonchev–Trinajstić information content (AvgIpc) is 3.27. The van der Waals surface area contributed by atoms with Gasteiger partial charge in [-0.15, -0.1) is 0 Å². The van der Waals surface area contributed by atoms with Gasteiger partial charge in [0.1, 0.15) is 18.1 Å². The highest BCUT2D eigenvalue weighted by Gasteiger charge is 2.31. The Bertz CT molecular complexity index is 775. The Hall–Kier alpha value is -2.64. The minimum atomic E-state index is -1.23. The van der Waals surface area contributed by atoms with Gasteiger partial charge in [-0.05, 0) is 25.3 Å². The Morgan fingerprint density at radius 1 is 1.09 bits per heavy atom. The molecule has 3 amide bonds. The molecular weight excluding hydrogens is 450 g/mol. The van der Waals surface area contributed by atoms with Crippen molar-refractivity contribution in [3.63, 3.8) is 0 Å². The molecule has 1 rings (SSSR count). The van der Waals surface area contributed by atoms with Gasteiger partial charge in [-0.3, -0.25) is 14.4 Å². The number of H-pyrrole nitrogens is 1. The molecule has 0 aliphatic heterocycles. The van der Waals surface area contributed by atoms with Crippen LogP contribution in [0.1, 0.15) is 38.8 Å². The van der Waals surface area contributed by atoms with Crippen LogP contribution in [0.4, 0.5) is 0 Å².